The van der Waals surface area contributed by atoms with Crippen molar-refractivity contribution in [2.24, 2.45) is 0 Å². The van der Waals surface area contributed by atoms with Crippen LogP contribution in [0.4, 0.5) is 0 Å². The molecule has 37 heavy (non-hydrogen) atoms. The van der Waals surface area contributed by atoms with Gasteiger partial charge in [-0.05, 0) is 20.8 Å². The molecule has 7 heteroatoms. The van der Waals surface area contributed by atoms with Crippen LogP contribution in [0, 0.1) is 49.4 Å². The Hall–Kier alpha value is -2.74. The van der Waals surface area contributed by atoms with Gasteiger partial charge >= 0.3 is 49.4 Å². The fourth-order valence-electron chi connectivity index (χ4n) is 2.86. The van der Waals surface area contributed by atoms with Crippen molar-refractivity contribution in [1.29, 1.82) is 0 Å². The van der Waals surface area contributed by atoms with Gasteiger partial charge in [0, 0.05) is 16.7 Å². The molecule has 0 aliphatic rings. The minimum Gasteiger partial charge on any atom is -0.300 e. The number of hydrogen-bond donors (Lipinski definition) is 0. The van der Waals surface area contributed by atoms with Crippen molar-refractivity contribution in [2.75, 3.05) is 0 Å². The summed E-state index contributed by atoms with van der Waals surface area (Å²) in [6, 6.07) is 26.5. The molecule has 3 rings (SSSR count). The van der Waals surface area contributed by atoms with E-state index in [0.29, 0.717) is 16.7 Å². The van der Waals surface area contributed by atoms with Crippen LogP contribution in [-0.2, 0) is 14.4 Å². The van der Waals surface area contributed by atoms with Crippen molar-refractivity contribution in [2.45, 2.75) is 40.0 Å². The molecule has 6 nitrogen and oxygen atoms in total. The van der Waals surface area contributed by atoms with Crippen LogP contribution >= 0.6 is 0 Å². The van der Waals surface area contributed by atoms with Crippen molar-refractivity contribution in [3.05, 3.63) is 108 Å². The molecule has 0 aromatic heterocycles. The minimum absolute atomic E-state index is 0. The Morgan fingerprint density at radius 2 is 0.595 bits per heavy atom. The van der Waals surface area contributed by atoms with Crippen LogP contribution in [0.3, 0.4) is 0 Å². The maximum absolute atomic E-state index is 11.2. The molecule has 0 saturated carbocycles. The molecule has 0 spiro atoms. The first kappa shape index (κ1) is 34.3. The van der Waals surface area contributed by atoms with Crippen molar-refractivity contribution in [1.82, 2.24) is 0 Å². The van der Waals surface area contributed by atoms with E-state index < -0.39 is 0 Å². The van der Waals surface area contributed by atoms with Crippen molar-refractivity contribution < 1.29 is 78.1 Å². The van der Waals surface area contributed by atoms with Crippen LogP contribution in [0.5, 0.6) is 0 Å². The van der Waals surface area contributed by atoms with Gasteiger partial charge in [-0.25, -0.2) is 0 Å². The Morgan fingerprint density at radius 3 is 0.757 bits per heavy atom. The molecule has 0 atom stereocenters. The third-order valence-corrected chi connectivity index (χ3v) is 4.52. The van der Waals surface area contributed by atoms with Gasteiger partial charge in [-0.3, -0.25) is 28.8 Å². The summed E-state index contributed by atoms with van der Waals surface area (Å²) >= 11 is 0. The number of carbonyl (C=O) groups excluding carboxylic acids is 6. The van der Waals surface area contributed by atoms with Gasteiger partial charge in [0.1, 0.15) is 17.3 Å². The zero-order valence-electron chi connectivity index (χ0n) is 21.1. The topological polar surface area (TPSA) is 102 Å². The smallest absolute Gasteiger partial charge is 0.300 e. The second-order valence-corrected chi connectivity index (χ2v) is 8.00. The SMILES string of the molecule is CC(=O)CC(=O)c1ccccc1.CC(=O)CC(=O)c1ccccc1.CC(=O)CC(=O)c1ccccc1.[Eu+3]. The van der Waals surface area contributed by atoms with Crippen LogP contribution in [-0.4, -0.2) is 34.7 Å². The Bertz CT molecular complexity index is 1020. The molecule has 0 N–H and O–H groups in total. The molecule has 0 saturated heterocycles. The third kappa shape index (κ3) is 15.9. The maximum Gasteiger partial charge on any atom is 3.00 e. The van der Waals surface area contributed by atoms with E-state index in [1.165, 1.54) is 20.8 Å². The van der Waals surface area contributed by atoms with Crippen molar-refractivity contribution in [3.63, 3.8) is 0 Å². The van der Waals surface area contributed by atoms with Crippen molar-refractivity contribution >= 4 is 34.7 Å². The molecule has 3 aromatic rings. The molecular weight excluding hydrogens is 608 g/mol. The Balaban J connectivity index is 0.000000518. The van der Waals surface area contributed by atoms with Gasteiger partial charge in [0.2, 0.25) is 0 Å². The molecule has 190 valence electrons. The summed E-state index contributed by atoms with van der Waals surface area (Å²) in [6.45, 7) is 4.25. The average Bonchev–Trinajstić information content (AvgIpc) is 2.85. The van der Waals surface area contributed by atoms with Crippen molar-refractivity contribution in [3.8, 4) is 0 Å². The zero-order valence-corrected chi connectivity index (χ0v) is 23.5. The molecule has 0 fully saturated rings. The van der Waals surface area contributed by atoms with E-state index in [1.54, 1.807) is 72.8 Å². The predicted octanol–water partition coefficient (Wildman–Crippen LogP) is 5.55. The number of Topliss-reactive ketones (excluding diaryl/α,β-unsaturated/α-hetero) is 6. The summed E-state index contributed by atoms with van der Waals surface area (Å²) in [7, 11) is 0. The molecule has 3 aromatic carbocycles. The van der Waals surface area contributed by atoms with Crippen LogP contribution < -0.4 is 0 Å². The van der Waals surface area contributed by atoms with E-state index >= 15 is 0 Å². The van der Waals surface area contributed by atoms with Crippen LogP contribution in [0.15, 0.2) is 91.0 Å². The molecule has 0 bridgehead atoms. The number of carbonyl (C=O) groups is 6. The Kier molecular flexibility index (Phi) is 18.0. The summed E-state index contributed by atoms with van der Waals surface area (Å²) in [5.74, 6) is -0.606. The van der Waals surface area contributed by atoms with Crippen LogP contribution in [0.1, 0.15) is 71.1 Å². The van der Waals surface area contributed by atoms with Gasteiger partial charge in [0.15, 0.2) is 17.3 Å². The molecule has 0 unspecified atom stereocenters. The van der Waals surface area contributed by atoms with E-state index in [-0.39, 0.29) is 103 Å². The summed E-state index contributed by atoms with van der Waals surface area (Å²) in [5.41, 5.74) is 1.81. The van der Waals surface area contributed by atoms with Gasteiger partial charge in [-0.15, -0.1) is 0 Å². The van der Waals surface area contributed by atoms with E-state index in [0.717, 1.165) is 0 Å². The maximum atomic E-state index is 11.2. The molecule has 0 heterocycles. The Morgan fingerprint density at radius 1 is 0.405 bits per heavy atom. The van der Waals surface area contributed by atoms with E-state index in [9.17, 15) is 28.8 Å². The van der Waals surface area contributed by atoms with E-state index in [2.05, 4.69) is 0 Å². The monoisotopic (exact) mass is 639 g/mol. The quantitative estimate of drug-likeness (QED) is 0.225. The second-order valence-electron chi connectivity index (χ2n) is 8.00. The largest absolute Gasteiger partial charge is 3.00 e. The number of rotatable bonds is 9. The third-order valence-electron chi connectivity index (χ3n) is 4.52. The zero-order chi connectivity index (χ0) is 26.9. The van der Waals surface area contributed by atoms with Gasteiger partial charge in [0.05, 0.1) is 19.3 Å². The Labute approximate surface area is 258 Å². The standard InChI is InChI=1S/3C10H10O2.Eu/c3*1-8(11)7-10(12)9-5-3-2-4-6-9;/h3*2-6H,7H2,1H3;/q;;;+3. The minimum atomic E-state index is -0.108. The fourth-order valence-corrected chi connectivity index (χ4v) is 2.86. The van der Waals surface area contributed by atoms with Gasteiger partial charge in [-0.1, -0.05) is 91.0 Å². The predicted molar refractivity (Wildman–Crippen MR) is 138 cm³/mol. The van der Waals surface area contributed by atoms with Gasteiger partial charge in [0.25, 0.3) is 0 Å². The first-order valence-electron chi connectivity index (χ1n) is 11.3. The van der Waals surface area contributed by atoms with Gasteiger partial charge < -0.3 is 0 Å². The number of benzene rings is 3. The fraction of sp³-hybridized carbons (Fsp3) is 0.200. The van der Waals surface area contributed by atoms with E-state index in [4.69, 9.17) is 0 Å². The van der Waals surface area contributed by atoms with Crippen LogP contribution in [0.2, 0.25) is 0 Å². The summed E-state index contributed by atoms with van der Waals surface area (Å²) in [5, 5.41) is 0. The summed E-state index contributed by atoms with van der Waals surface area (Å²) in [4.78, 5) is 65.5. The normalized spacial score (nSPS) is 9.16. The molecule has 0 aliphatic heterocycles. The van der Waals surface area contributed by atoms with Crippen LogP contribution in [0.25, 0.3) is 0 Å². The first-order valence-corrected chi connectivity index (χ1v) is 11.3. The summed E-state index contributed by atoms with van der Waals surface area (Å²) < 4.78 is 0. The molecular formula is C30H30EuO6+3. The van der Waals surface area contributed by atoms with Gasteiger partial charge in [-0.2, -0.15) is 0 Å². The summed E-state index contributed by atoms with van der Waals surface area (Å²) in [6.07, 6.45) is 0.0119. The number of ketones is 6. The molecule has 0 radical (unpaired) electrons. The average molecular weight is 639 g/mol. The molecule has 0 aliphatic carbocycles. The molecule has 0 amide bonds. The second kappa shape index (κ2) is 19.4. The van der Waals surface area contributed by atoms with E-state index in [1.807, 2.05) is 18.2 Å². The number of hydrogen-bond acceptors (Lipinski definition) is 6. The first-order chi connectivity index (χ1) is 17.1.